The Kier molecular flexibility index (Phi) is 6.93. The third kappa shape index (κ3) is 5.73. The van der Waals surface area contributed by atoms with Gasteiger partial charge in [0, 0.05) is 12.4 Å². The van der Waals surface area contributed by atoms with Gasteiger partial charge in [0.2, 0.25) is 0 Å². The van der Waals surface area contributed by atoms with E-state index in [1.807, 2.05) is 0 Å². The quantitative estimate of drug-likeness (QED) is 0.625. The van der Waals surface area contributed by atoms with Crippen LogP contribution < -0.4 is 0 Å². The van der Waals surface area contributed by atoms with Crippen LogP contribution in [0.4, 0.5) is 9.59 Å². The van der Waals surface area contributed by atoms with Crippen molar-refractivity contribution in [3.8, 4) is 0 Å². The highest BCUT2D eigenvalue weighted by Gasteiger charge is 2.23. The summed E-state index contributed by atoms with van der Waals surface area (Å²) in [6.45, 7) is 2.81. The van der Waals surface area contributed by atoms with E-state index < -0.39 is 0 Å². The number of carbonyl (C=O) groups excluding carboxylic acids is 2. The highest BCUT2D eigenvalue weighted by molar-refractivity contribution is 9.10. The standard InChI is InChI=1S/C8H8BrN3O2.C8H8ClN3O2/c2*9-6-1-2-10-7(11-6)5-12-3-4-14-8(12)13/h2*1-2H,3-5H2. The van der Waals surface area contributed by atoms with E-state index in [1.165, 1.54) is 4.90 Å². The van der Waals surface area contributed by atoms with Gasteiger partial charge in [0.15, 0.2) is 0 Å². The number of cyclic esters (lactones) is 2. The molecule has 0 unspecified atom stereocenters. The molecule has 4 rings (SSSR count). The van der Waals surface area contributed by atoms with Crippen molar-refractivity contribution in [3.05, 3.63) is 45.9 Å². The number of hydrogen-bond donors (Lipinski definition) is 0. The molecule has 0 bridgehead atoms. The average Bonchev–Trinajstić information content (AvgIpc) is 3.24. The summed E-state index contributed by atoms with van der Waals surface area (Å²) in [6, 6.07) is 3.33. The molecule has 2 aliphatic heterocycles. The second kappa shape index (κ2) is 9.60. The SMILES string of the molecule is O=C1OCCN1Cc1nccc(Br)n1.O=C1OCCN1Cc1nccc(Cl)n1. The molecule has 2 amide bonds. The number of nitrogens with zero attached hydrogens (tertiary/aromatic N) is 6. The summed E-state index contributed by atoms with van der Waals surface area (Å²) in [7, 11) is 0. The Balaban J connectivity index is 0.000000161. The van der Waals surface area contributed by atoms with Crippen LogP contribution in [0, 0.1) is 0 Å². The van der Waals surface area contributed by atoms with Crippen LogP contribution in [0.5, 0.6) is 0 Å². The van der Waals surface area contributed by atoms with Crippen LogP contribution >= 0.6 is 27.5 Å². The maximum absolute atomic E-state index is 11.1. The molecule has 2 saturated heterocycles. The van der Waals surface area contributed by atoms with Crippen LogP contribution in [0.1, 0.15) is 11.6 Å². The molecule has 148 valence electrons. The summed E-state index contributed by atoms with van der Waals surface area (Å²) >= 11 is 8.92. The lowest BCUT2D eigenvalue weighted by molar-refractivity contribution is 0.155. The summed E-state index contributed by atoms with van der Waals surface area (Å²) in [5.41, 5.74) is 0. The second-order valence-corrected chi connectivity index (χ2v) is 6.86. The monoisotopic (exact) mass is 470 g/mol. The van der Waals surface area contributed by atoms with Gasteiger partial charge in [-0.15, -0.1) is 0 Å². The number of amides is 2. The number of hydrogen-bond acceptors (Lipinski definition) is 8. The first-order valence-corrected chi connectivity index (χ1v) is 9.46. The van der Waals surface area contributed by atoms with Gasteiger partial charge in [-0.25, -0.2) is 29.5 Å². The topological polar surface area (TPSA) is 111 Å². The molecule has 4 heterocycles. The number of ether oxygens (including phenoxy) is 2. The molecule has 0 aliphatic carbocycles. The lowest BCUT2D eigenvalue weighted by atomic mass is 10.5. The summed E-state index contributed by atoms with van der Waals surface area (Å²) in [6.07, 6.45) is 2.59. The van der Waals surface area contributed by atoms with Gasteiger partial charge in [0.05, 0.1) is 26.2 Å². The maximum atomic E-state index is 11.1. The summed E-state index contributed by atoms with van der Waals surface area (Å²) in [5, 5.41) is 0.377. The molecule has 2 aromatic heterocycles. The fraction of sp³-hybridized carbons (Fsp3) is 0.375. The van der Waals surface area contributed by atoms with E-state index in [0.717, 1.165) is 4.60 Å². The Morgan fingerprint density at radius 2 is 1.46 bits per heavy atom. The molecule has 10 nitrogen and oxygen atoms in total. The largest absolute Gasteiger partial charge is 0.448 e. The molecule has 28 heavy (non-hydrogen) atoms. The van der Waals surface area contributed by atoms with Gasteiger partial charge in [0.25, 0.3) is 0 Å². The lowest BCUT2D eigenvalue weighted by Gasteiger charge is -2.10. The molecule has 0 saturated carbocycles. The van der Waals surface area contributed by atoms with Gasteiger partial charge in [-0.2, -0.15) is 0 Å². The Bertz CT molecular complexity index is 788. The second-order valence-electron chi connectivity index (χ2n) is 5.66. The minimum atomic E-state index is -0.325. The van der Waals surface area contributed by atoms with Crippen molar-refractivity contribution in [1.82, 2.24) is 29.7 Å². The molecule has 2 aliphatic rings. The van der Waals surface area contributed by atoms with E-state index in [1.54, 1.807) is 29.4 Å². The van der Waals surface area contributed by atoms with Gasteiger partial charge < -0.3 is 9.47 Å². The summed E-state index contributed by atoms with van der Waals surface area (Å²) in [4.78, 5) is 41.4. The molecule has 0 spiro atoms. The zero-order valence-corrected chi connectivity index (χ0v) is 17.0. The predicted octanol–water partition coefficient (Wildman–Crippen LogP) is 2.27. The molecular weight excluding hydrogens is 456 g/mol. The predicted molar refractivity (Wildman–Crippen MR) is 100 cm³/mol. The number of halogens is 2. The van der Waals surface area contributed by atoms with Crippen molar-refractivity contribution in [1.29, 1.82) is 0 Å². The van der Waals surface area contributed by atoms with Crippen molar-refractivity contribution in [3.63, 3.8) is 0 Å². The maximum Gasteiger partial charge on any atom is 0.410 e. The lowest BCUT2D eigenvalue weighted by Crippen LogP contribution is -2.24. The number of aromatic nitrogens is 4. The molecule has 2 fully saturated rings. The van der Waals surface area contributed by atoms with E-state index in [0.29, 0.717) is 56.2 Å². The van der Waals surface area contributed by atoms with Crippen LogP contribution in [-0.2, 0) is 22.6 Å². The van der Waals surface area contributed by atoms with E-state index in [-0.39, 0.29) is 12.2 Å². The van der Waals surface area contributed by atoms with Crippen molar-refractivity contribution in [2.75, 3.05) is 26.3 Å². The highest BCUT2D eigenvalue weighted by Crippen LogP contribution is 2.10. The van der Waals surface area contributed by atoms with Crippen LogP contribution in [0.15, 0.2) is 29.1 Å². The van der Waals surface area contributed by atoms with Gasteiger partial charge in [-0.3, -0.25) is 9.80 Å². The summed E-state index contributed by atoms with van der Waals surface area (Å²) < 4.78 is 10.3. The van der Waals surface area contributed by atoms with Crippen LogP contribution in [-0.4, -0.2) is 68.2 Å². The molecule has 0 radical (unpaired) electrons. The molecule has 0 atom stereocenters. The van der Waals surface area contributed by atoms with Crippen LogP contribution in [0.25, 0.3) is 0 Å². The molecule has 2 aromatic rings. The van der Waals surface area contributed by atoms with Crippen molar-refractivity contribution >= 4 is 39.7 Å². The first-order chi connectivity index (χ1) is 13.5. The molecular formula is C16H16BrClN6O4. The zero-order chi connectivity index (χ0) is 19.9. The summed E-state index contributed by atoms with van der Waals surface area (Å²) in [5.74, 6) is 1.13. The van der Waals surface area contributed by atoms with Crippen LogP contribution in [0.3, 0.4) is 0 Å². The van der Waals surface area contributed by atoms with E-state index in [4.69, 9.17) is 21.1 Å². The third-order valence-corrected chi connectivity index (χ3v) is 4.35. The van der Waals surface area contributed by atoms with Gasteiger partial charge >= 0.3 is 12.2 Å². The van der Waals surface area contributed by atoms with E-state index in [2.05, 4.69) is 35.9 Å². The number of carbonyl (C=O) groups is 2. The fourth-order valence-electron chi connectivity index (χ4n) is 2.38. The van der Waals surface area contributed by atoms with Crippen molar-refractivity contribution in [2.24, 2.45) is 0 Å². The van der Waals surface area contributed by atoms with Gasteiger partial charge in [0.1, 0.15) is 34.6 Å². The highest BCUT2D eigenvalue weighted by atomic mass is 79.9. The Labute approximate surface area is 174 Å². The van der Waals surface area contributed by atoms with Crippen molar-refractivity contribution < 1.29 is 19.1 Å². The first kappa shape index (κ1) is 20.2. The van der Waals surface area contributed by atoms with Gasteiger partial charge in [-0.05, 0) is 28.1 Å². The van der Waals surface area contributed by atoms with Crippen molar-refractivity contribution in [2.45, 2.75) is 13.1 Å². The number of rotatable bonds is 4. The smallest absolute Gasteiger partial charge is 0.410 e. The fourth-order valence-corrected chi connectivity index (χ4v) is 2.86. The molecule has 0 aromatic carbocycles. The van der Waals surface area contributed by atoms with Gasteiger partial charge in [-0.1, -0.05) is 11.6 Å². The third-order valence-electron chi connectivity index (χ3n) is 3.70. The molecule has 0 N–H and O–H groups in total. The normalized spacial score (nSPS) is 15.8. The minimum absolute atomic E-state index is 0.298. The van der Waals surface area contributed by atoms with E-state index >= 15 is 0 Å². The Morgan fingerprint density at radius 1 is 0.929 bits per heavy atom. The average molecular weight is 472 g/mol. The molecule has 12 heteroatoms. The zero-order valence-electron chi connectivity index (χ0n) is 14.6. The Morgan fingerprint density at radius 3 is 1.93 bits per heavy atom. The van der Waals surface area contributed by atoms with E-state index in [9.17, 15) is 9.59 Å². The van der Waals surface area contributed by atoms with Crippen LogP contribution in [0.2, 0.25) is 5.15 Å². The first-order valence-electron chi connectivity index (χ1n) is 8.29. The Hall–Kier alpha value is -2.53. The minimum Gasteiger partial charge on any atom is -0.448 e.